The Hall–Kier alpha value is -0.780. The Morgan fingerprint density at radius 1 is 0.475 bits per heavy atom. The molecule has 238 valence electrons. The number of ketones is 2. The molecule has 0 amide bonds. The zero-order valence-corrected chi connectivity index (χ0v) is 26.7. The monoisotopic (exact) mass is 569 g/mol. The highest BCUT2D eigenvalue weighted by atomic mass is 16.4. The summed E-state index contributed by atoms with van der Waals surface area (Å²) in [5, 5.41) is 30.5. The lowest BCUT2D eigenvalue weighted by molar-refractivity contribution is -0.166. The Morgan fingerprint density at radius 2 is 0.700 bits per heavy atom. The molecular formula is C35H68O5. The lowest BCUT2D eigenvalue weighted by Crippen LogP contribution is -2.57. The summed E-state index contributed by atoms with van der Waals surface area (Å²) in [4.78, 5) is 25.6. The number of rotatable bonds is 32. The number of aliphatic hydroxyl groups excluding tert-OH is 2. The van der Waals surface area contributed by atoms with Gasteiger partial charge in [-0.05, 0) is 12.8 Å². The first-order valence-corrected chi connectivity index (χ1v) is 17.5. The van der Waals surface area contributed by atoms with E-state index in [1.807, 2.05) is 0 Å². The van der Waals surface area contributed by atoms with E-state index in [2.05, 4.69) is 13.8 Å². The normalized spacial score (nSPS) is 13.8. The standard InChI is InChI=1S/C35H68O5/c1-3-5-7-9-11-13-15-16-17-18-20-22-24-26-28-30-33(38)35(40,34(39)31-36)32(37)29-27-25-23-21-19-14-12-10-8-6-4-2/h34,36,39-40H,3-31H2,1-2H3/t34-,35-/m0/s1. The summed E-state index contributed by atoms with van der Waals surface area (Å²) in [6.45, 7) is 3.69. The Morgan fingerprint density at radius 3 is 0.925 bits per heavy atom. The number of hydrogen-bond acceptors (Lipinski definition) is 5. The van der Waals surface area contributed by atoms with Gasteiger partial charge in [0.1, 0.15) is 6.10 Å². The van der Waals surface area contributed by atoms with Gasteiger partial charge < -0.3 is 15.3 Å². The molecule has 0 aliphatic heterocycles. The molecule has 0 aliphatic carbocycles. The van der Waals surface area contributed by atoms with Crippen LogP contribution < -0.4 is 0 Å². The summed E-state index contributed by atoms with van der Waals surface area (Å²) in [5.41, 5.74) is -2.47. The van der Waals surface area contributed by atoms with Crippen molar-refractivity contribution in [3.8, 4) is 0 Å². The molecule has 2 atom stereocenters. The minimum Gasteiger partial charge on any atom is -0.394 e. The molecule has 5 heteroatoms. The highest BCUT2D eigenvalue weighted by Gasteiger charge is 2.48. The molecule has 3 N–H and O–H groups in total. The van der Waals surface area contributed by atoms with Gasteiger partial charge in [0.2, 0.25) is 5.60 Å². The molecule has 0 bridgehead atoms. The van der Waals surface area contributed by atoms with Crippen LogP contribution in [0.3, 0.4) is 0 Å². The molecule has 40 heavy (non-hydrogen) atoms. The first kappa shape index (κ1) is 39.2. The van der Waals surface area contributed by atoms with Gasteiger partial charge in [-0.15, -0.1) is 0 Å². The van der Waals surface area contributed by atoms with Crippen molar-refractivity contribution in [1.29, 1.82) is 0 Å². The molecular weight excluding hydrogens is 500 g/mol. The molecule has 0 heterocycles. The zero-order valence-electron chi connectivity index (χ0n) is 26.7. The smallest absolute Gasteiger partial charge is 0.209 e. The van der Waals surface area contributed by atoms with Crippen molar-refractivity contribution < 1.29 is 24.9 Å². The molecule has 5 nitrogen and oxygen atoms in total. The van der Waals surface area contributed by atoms with Crippen molar-refractivity contribution in [2.45, 2.75) is 205 Å². The fraction of sp³-hybridized carbons (Fsp3) is 0.943. The van der Waals surface area contributed by atoms with Crippen molar-refractivity contribution in [3.05, 3.63) is 0 Å². The molecule has 0 aromatic heterocycles. The number of carbonyl (C=O) groups excluding carboxylic acids is 2. The Balaban J connectivity index is 3.98. The van der Waals surface area contributed by atoms with Crippen molar-refractivity contribution in [2.75, 3.05) is 6.61 Å². The SMILES string of the molecule is CCCCCCCCCCCCCCCCCC(=O)[C@@](O)(C(=O)CCCCCCCCCCCCC)[C@@H](O)CO. The summed E-state index contributed by atoms with van der Waals surface area (Å²) in [6.07, 6.45) is 29.4. The second-order valence-corrected chi connectivity index (χ2v) is 12.3. The first-order chi connectivity index (χ1) is 19.4. The Bertz CT molecular complexity index is 578. The third-order valence-electron chi connectivity index (χ3n) is 8.52. The van der Waals surface area contributed by atoms with Gasteiger partial charge in [0.15, 0.2) is 11.6 Å². The van der Waals surface area contributed by atoms with Crippen LogP contribution in [0, 0.1) is 0 Å². The average molecular weight is 569 g/mol. The maximum Gasteiger partial charge on any atom is 0.209 e. The van der Waals surface area contributed by atoms with Crippen LogP contribution in [0.1, 0.15) is 194 Å². The molecule has 0 rings (SSSR count). The molecule has 0 aliphatic rings. The van der Waals surface area contributed by atoms with E-state index in [0.717, 1.165) is 38.5 Å². The van der Waals surface area contributed by atoms with Gasteiger partial charge in [-0.2, -0.15) is 0 Å². The number of hydrogen-bond donors (Lipinski definition) is 3. The summed E-state index contributed by atoms with van der Waals surface area (Å²) in [7, 11) is 0. The fourth-order valence-corrected chi connectivity index (χ4v) is 5.65. The van der Waals surface area contributed by atoms with E-state index >= 15 is 0 Å². The van der Waals surface area contributed by atoms with Crippen molar-refractivity contribution in [3.63, 3.8) is 0 Å². The van der Waals surface area contributed by atoms with Crippen LogP contribution in [-0.4, -0.2) is 45.2 Å². The minimum atomic E-state index is -2.47. The van der Waals surface area contributed by atoms with Gasteiger partial charge in [0.25, 0.3) is 0 Å². The lowest BCUT2D eigenvalue weighted by atomic mass is 9.82. The van der Waals surface area contributed by atoms with Crippen molar-refractivity contribution in [1.82, 2.24) is 0 Å². The molecule has 0 fully saturated rings. The van der Waals surface area contributed by atoms with Crippen LogP contribution in [0.15, 0.2) is 0 Å². The van der Waals surface area contributed by atoms with Crippen LogP contribution in [0.5, 0.6) is 0 Å². The van der Waals surface area contributed by atoms with Crippen LogP contribution in [0.25, 0.3) is 0 Å². The van der Waals surface area contributed by atoms with Crippen LogP contribution >= 0.6 is 0 Å². The minimum absolute atomic E-state index is 0.0647. The van der Waals surface area contributed by atoms with Crippen LogP contribution in [0.2, 0.25) is 0 Å². The van der Waals surface area contributed by atoms with E-state index in [9.17, 15) is 24.9 Å². The quantitative estimate of drug-likeness (QED) is 0.0555. The van der Waals surface area contributed by atoms with E-state index < -0.39 is 29.9 Å². The van der Waals surface area contributed by atoms with Crippen molar-refractivity contribution >= 4 is 11.6 Å². The average Bonchev–Trinajstić information content (AvgIpc) is 2.96. The second-order valence-electron chi connectivity index (χ2n) is 12.3. The topological polar surface area (TPSA) is 94.8 Å². The highest BCUT2D eigenvalue weighted by molar-refractivity contribution is 6.10. The molecule has 0 unspecified atom stereocenters. The first-order valence-electron chi connectivity index (χ1n) is 17.5. The number of Topliss-reactive ketones (excluding diaryl/α,β-unsaturated/α-hetero) is 2. The highest BCUT2D eigenvalue weighted by Crippen LogP contribution is 2.22. The predicted octanol–water partition coefficient (Wildman–Crippen LogP) is 9.17. The van der Waals surface area contributed by atoms with Gasteiger partial charge in [0, 0.05) is 12.8 Å². The maximum atomic E-state index is 12.8. The fourth-order valence-electron chi connectivity index (χ4n) is 5.65. The van der Waals surface area contributed by atoms with Crippen LogP contribution in [-0.2, 0) is 9.59 Å². The van der Waals surface area contributed by atoms with Gasteiger partial charge in [-0.25, -0.2) is 0 Å². The molecule has 0 saturated carbocycles. The van der Waals surface area contributed by atoms with Gasteiger partial charge >= 0.3 is 0 Å². The Kier molecular flexibility index (Phi) is 27.8. The van der Waals surface area contributed by atoms with Gasteiger partial charge in [0.05, 0.1) is 6.61 Å². The number of unbranched alkanes of at least 4 members (excludes halogenated alkanes) is 24. The summed E-state index contributed by atoms with van der Waals surface area (Å²) < 4.78 is 0. The zero-order chi connectivity index (χ0) is 29.7. The molecule has 0 spiro atoms. The third-order valence-corrected chi connectivity index (χ3v) is 8.52. The Labute approximate surface area is 248 Å². The van der Waals surface area contributed by atoms with E-state index in [1.54, 1.807) is 0 Å². The third kappa shape index (κ3) is 20.2. The number of aliphatic hydroxyl groups is 3. The maximum absolute atomic E-state index is 12.8. The summed E-state index contributed by atoms with van der Waals surface area (Å²) in [6, 6.07) is 0. The molecule has 0 aromatic rings. The van der Waals surface area contributed by atoms with Gasteiger partial charge in [-0.3, -0.25) is 9.59 Å². The lowest BCUT2D eigenvalue weighted by Gasteiger charge is -2.29. The summed E-state index contributed by atoms with van der Waals surface area (Å²) >= 11 is 0. The second kappa shape index (κ2) is 28.3. The van der Waals surface area contributed by atoms with Gasteiger partial charge in [-0.1, -0.05) is 168 Å². The van der Waals surface area contributed by atoms with E-state index in [0.29, 0.717) is 12.8 Å². The van der Waals surface area contributed by atoms with Crippen LogP contribution in [0.4, 0.5) is 0 Å². The van der Waals surface area contributed by atoms with E-state index in [1.165, 1.54) is 116 Å². The summed E-state index contributed by atoms with van der Waals surface area (Å²) in [5.74, 6) is -1.28. The molecule has 0 saturated heterocycles. The van der Waals surface area contributed by atoms with E-state index in [4.69, 9.17) is 0 Å². The molecule has 0 aromatic carbocycles. The number of carbonyl (C=O) groups is 2. The molecule has 0 radical (unpaired) electrons. The predicted molar refractivity (Wildman–Crippen MR) is 169 cm³/mol. The van der Waals surface area contributed by atoms with E-state index in [-0.39, 0.29) is 12.8 Å². The van der Waals surface area contributed by atoms with Crippen molar-refractivity contribution in [2.24, 2.45) is 0 Å². The largest absolute Gasteiger partial charge is 0.394 e.